The number of nitrogens with two attached hydrogens (primary N) is 1. The molecule has 5 nitrogen and oxygen atoms in total. The predicted octanol–water partition coefficient (Wildman–Crippen LogP) is 3.59. The van der Waals surface area contributed by atoms with Gasteiger partial charge in [-0.25, -0.2) is 4.98 Å². The van der Waals surface area contributed by atoms with Crippen LogP contribution in [-0.4, -0.2) is 10.9 Å². The minimum atomic E-state index is -0.00765. The number of carbonyl (C=O) groups is 1. The number of anilines is 2. The third-order valence-corrected chi connectivity index (χ3v) is 6.33. The Balaban J connectivity index is 2.05. The summed E-state index contributed by atoms with van der Waals surface area (Å²) in [6.07, 6.45) is 0.403. The fourth-order valence-corrected chi connectivity index (χ4v) is 5.10. The standard InChI is InChI=1S/C16H12N4OS2/c1-7-9(6-17)15(18)20-13-12-8(10-3-2-4-22-10)5-11(21)19-16(12)23-14(7)13/h2-4,8H,5H2,1H3,(H2,18,20)(H,19,21). The van der Waals surface area contributed by atoms with Gasteiger partial charge in [0.25, 0.3) is 0 Å². The highest BCUT2D eigenvalue weighted by Gasteiger charge is 2.32. The van der Waals surface area contributed by atoms with Gasteiger partial charge in [0.1, 0.15) is 16.9 Å². The van der Waals surface area contributed by atoms with Gasteiger partial charge in [0.05, 0.1) is 15.8 Å². The van der Waals surface area contributed by atoms with E-state index < -0.39 is 0 Å². The molecule has 4 rings (SSSR count). The first kappa shape index (κ1) is 14.2. The van der Waals surface area contributed by atoms with Crippen LogP contribution in [0.15, 0.2) is 17.5 Å². The summed E-state index contributed by atoms with van der Waals surface area (Å²) in [5.74, 6) is 0.250. The van der Waals surface area contributed by atoms with Crippen molar-refractivity contribution in [1.82, 2.24) is 4.98 Å². The van der Waals surface area contributed by atoms with Gasteiger partial charge in [0.15, 0.2) is 0 Å². The van der Waals surface area contributed by atoms with Crippen LogP contribution in [0.4, 0.5) is 10.8 Å². The van der Waals surface area contributed by atoms with Crippen molar-refractivity contribution in [1.29, 1.82) is 5.26 Å². The minimum Gasteiger partial charge on any atom is -0.383 e. The Hall–Kier alpha value is -2.43. The number of fused-ring (bicyclic) bond motifs is 3. The molecule has 0 aromatic carbocycles. The molecule has 0 saturated heterocycles. The number of thiophene rings is 2. The molecule has 7 heteroatoms. The molecule has 0 fully saturated rings. The van der Waals surface area contributed by atoms with Crippen molar-refractivity contribution in [3.8, 4) is 6.07 Å². The molecule has 1 aliphatic heterocycles. The number of rotatable bonds is 1. The average Bonchev–Trinajstić information content (AvgIpc) is 3.14. The number of hydrogen-bond acceptors (Lipinski definition) is 6. The summed E-state index contributed by atoms with van der Waals surface area (Å²) in [6, 6.07) is 6.15. The maximum Gasteiger partial charge on any atom is 0.225 e. The number of nitrogen functional groups attached to an aromatic ring is 1. The molecule has 1 aliphatic rings. The van der Waals surface area contributed by atoms with Gasteiger partial charge in [-0.1, -0.05) is 6.07 Å². The van der Waals surface area contributed by atoms with Crippen molar-refractivity contribution in [2.45, 2.75) is 19.3 Å². The van der Waals surface area contributed by atoms with E-state index in [0.29, 0.717) is 12.0 Å². The molecule has 1 amide bonds. The third-order valence-electron chi connectivity index (χ3n) is 4.11. The van der Waals surface area contributed by atoms with E-state index in [1.807, 2.05) is 24.4 Å². The van der Waals surface area contributed by atoms with E-state index in [1.165, 1.54) is 11.3 Å². The van der Waals surface area contributed by atoms with E-state index in [-0.39, 0.29) is 17.6 Å². The van der Waals surface area contributed by atoms with Crippen LogP contribution >= 0.6 is 22.7 Å². The molecule has 3 aromatic rings. The maximum absolute atomic E-state index is 12.1. The average molecular weight is 340 g/mol. The monoisotopic (exact) mass is 340 g/mol. The van der Waals surface area contributed by atoms with Gasteiger partial charge in [-0.05, 0) is 23.9 Å². The second-order valence-electron chi connectivity index (χ2n) is 5.45. The van der Waals surface area contributed by atoms with Gasteiger partial charge < -0.3 is 11.1 Å². The van der Waals surface area contributed by atoms with Crippen molar-refractivity contribution < 1.29 is 4.79 Å². The fourth-order valence-electron chi connectivity index (χ4n) is 3.04. The molecule has 0 saturated carbocycles. The molecule has 0 aliphatic carbocycles. The lowest BCUT2D eigenvalue weighted by Gasteiger charge is -2.21. The van der Waals surface area contributed by atoms with Crippen molar-refractivity contribution in [3.05, 3.63) is 39.1 Å². The number of aromatic nitrogens is 1. The summed E-state index contributed by atoms with van der Waals surface area (Å²) in [7, 11) is 0. The predicted molar refractivity (Wildman–Crippen MR) is 92.9 cm³/mol. The molecule has 4 heterocycles. The molecule has 0 radical (unpaired) electrons. The molecular formula is C16H12N4OS2. The smallest absolute Gasteiger partial charge is 0.225 e. The number of nitrogens with one attached hydrogen (secondary N) is 1. The topological polar surface area (TPSA) is 91.8 Å². The minimum absolute atomic E-state index is 0.00765. The van der Waals surface area contributed by atoms with Crippen LogP contribution in [0.3, 0.4) is 0 Å². The van der Waals surface area contributed by atoms with Crippen molar-refractivity contribution in [2.75, 3.05) is 11.1 Å². The maximum atomic E-state index is 12.1. The van der Waals surface area contributed by atoms with Gasteiger partial charge in [0.2, 0.25) is 5.91 Å². The van der Waals surface area contributed by atoms with Crippen LogP contribution in [-0.2, 0) is 4.79 Å². The number of nitrogens with zero attached hydrogens (tertiary/aromatic N) is 2. The molecular weight excluding hydrogens is 328 g/mol. The van der Waals surface area contributed by atoms with Crippen LogP contribution in [0.5, 0.6) is 0 Å². The van der Waals surface area contributed by atoms with E-state index in [4.69, 9.17) is 5.73 Å². The summed E-state index contributed by atoms with van der Waals surface area (Å²) in [5.41, 5.74) is 9.03. The summed E-state index contributed by atoms with van der Waals surface area (Å²) in [5, 5.41) is 15.0. The quantitative estimate of drug-likeness (QED) is 0.708. The molecule has 0 bridgehead atoms. The van der Waals surface area contributed by atoms with Crippen LogP contribution < -0.4 is 11.1 Å². The largest absolute Gasteiger partial charge is 0.383 e. The number of aryl methyl sites for hydroxylation is 1. The number of amides is 1. The highest BCUT2D eigenvalue weighted by Crippen LogP contribution is 2.48. The second kappa shape index (κ2) is 5.05. The molecule has 3 aromatic heterocycles. The highest BCUT2D eigenvalue weighted by molar-refractivity contribution is 7.23. The summed E-state index contributed by atoms with van der Waals surface area (Å²) < 4.78 is 0.921. The van der Waals surface area contributed by atoms with Crippen molar-refractivity contribution >= 4 is 49.6 Å². The normalized spacial score (nSPS) is 16.9. The Labute approximate surface area is 140 Å². The first-order valence-corrected chi connectivity index (χ1v) is 8.75. The Morgan fingerprint density at radius 3 is 3.04 bits per heavy atom. The van der Waals surface area contributed by atoms with Crippen molar-refractivity contribution in [3.63, 3.8) is 0 Å². The molecule has 3 N–H and O–H groups in total. The molecule has 114 valence electrons. The van der Waals surface area contributed by atoms with Crippen molar-refractivity contribution in [2.24, 2.45) is 0 Å². The van der Waals surface area contributed by atoms with E-state index in [2.05, 4.69) is 16.4 Å². The number of hydrogen-bond donors (Lipinski definition) is 2. The zero-order chi connectivity index (χ0) is 16.1. The molecule has 1 unspecified atom stereocenters. The van der Waals surface area contributed by atoms with E-state index >= 15 is 0 Å². The zero-order valence-electron chi connectivity index (χ0n) is 12.2. The summed E-state index contributed by atoms with van der Waals surface area (Å²) >= 11 is 3.11. The Morgan fingerprint density at radius 1 is 1.52 bits per heavy atom. The van der Waals surface area contributed by atoms with Crippen LogP contribution in [0.1, 0.15) is 33.9 Å². The lowest BCUT2D eigenvalue weighted by atomic mass is 9.91. The van der Waals surface area contributed by atoms with Gasteiger partial charge >= 0.3 is 0 Å². The van der Waals surface area contributed by atoms with Crippen LogP contribution in [0, 0.1) is 18.3 Å². The summed E-state index contributed by atoms with van der Waals surface area (Å²) in [4.78, 5) is 17.7. The van der Waals surface area contributed by atoms with E-state index in [1.54, 1.807) is 11.3 Å². The molecule has 1 atom stereocenters. The third kappa shape index (κ3) is 2.03. The highest BCUT2D eigenvalue weighted by atomic mass is 32.1. The molecule has 23 heavy (non-hydrogen) atoms. The molecule has 0 spiro atoms. The number of carbonyl (C=O) groups excluding carboxylic acids is 1. The Kier molecular flexibility index (Phi) is 3.11. The van der Waals surface area contributed by atoms with Gasteiger partial charge in [0, 0.05) is 22.8 Å². The Morgan fingerprint density at radius 2 is 2.35 bits per heavy atom. The van der Waals surface area contributed by atoms with Gasteiger partial charge in [-0.2, -0.15) is 5.26 Å². The fraction of sp³-hybridized carbons (Fsp3) is 0.188. The van der Waals surface area contributed by atoms with E-state index in [0.717, 1.165) is 31.2 Å². The van der Waals surface area contributed by atoms with E-state index in [9.17, 15) is 10.1 Å². The summed E-state index contributed by atoms with van der Waals surface area (Å²) in [6.45, 7) is 1.88. The SMILES string of the molecule is Cc1c(C#N)c(N)nc2c3c(sc12)NC(=O)CC3c1cccs1. The van der Waals surface area contributed by atoms with Gasteiger partial charge in [-0.3, -0.25) is 4.79 Å². The second-order valence-corrected chi connectivity index (χ2v) is 7.45. The lowest BCUT2D eigenvalue weighted by Crippen LogP contribution is -2.21. The number of nitriles is 1. The Bertz CT molecular complexity index is 982. The first-order chi connectivity index (χ1) is 11.1. The zero-order valence-corrected chi connectivity index (χ0v) is 13.8. The van der Waals surface area contributed by atoms with Crippen LogP contribution in [0.25, 0.3) is 10.2 Å². The first-order valence-electron chi connectivity index (χ1n) is 7.06. The number of pyridine rings is 1. The van der Waals surface area contributed by atoms with Gasteiger partial charge in [-0.15, -0.1) is 22.7 Å². The van der Waals surface area contributed by atoms with Crippen LogP contribution in [0.2, 0.25) is 0 Å². The lowest BCUT2D eigenvalue weighted by molar-refractivity contribution is -0.116.